The van der Waals surface area contributed by atoms with Gasteiger partial charge < -0.3 is 15.0 Å². The maximum absolute atomic E-state index is 12.9. The minimum Gasteiger partial charge on any atom is -0.381 e. The zero-order valence-corrected chi connectivity index (χ0v) is 21.1. The first-order valence-corrected chi connectivity index (χ1v) is 13.2. The monoisotopic (exact) mass is 481 g/mol. The molecule has 6 nitrogen and oxygen atoms in total. The summed E-state index contributed by atoms with van der Waals surface area (Å²) >= 11 is 1.53. The third-order valence-corrected chi connectivity index (χ3v) is 6.81. The first-order valence-electron chi connectivity index (χ1n) is 12.3. The molecule has 1 aromatic carbocycles. The van der Waals surface area contributed by atoms with Crippen LogP contribution in [0.1, 0.15) is 79.3 Å². The summed E-state index contributed by atoms with van der Waals surface area (Å²) in [5.41, 5.74) is 2.38. The molecule has 182 valence electrons. The molecule has 1 aliphatic rings. The van der Waals surface area contributed by atoms with Crippen LogP contribution in [0.15, 0.2) is 29.6 Å². The molecule has 2 heterocycles. The van der Waals surface area contributed by atoms with Crippen molar-refractivity contribution in [1.82, 2.24) is 9.88 Å². The number of anilines is 1. The molecule has 2 amide bonds. The number of aromatic nitrogens is 1. The van der Waals surface area contributed by atoms with E-state index in [0.717, 1.165) is 74.4 Å². The highest BCUT2D eigenvalue weighted by Crippen LogP contribution is 2.30. The second-order valence-corrected chi connectivity index (χ2v) is 9.41. The fourth-order valence-corrected chi connectivity index (χ4v) is 4.88. The van der Waals surface area contributed by atoms with Gasteiger partial charge in [0.05, 0.1) is 5.01 Å². The molecule has 34 heavy (non-hydrogen) atoms. The Labute approximate surface area is 207 Å². The Hall–Kier alpha value is -2.69. The zero-order valence-electron chi connectivity index (χ0n) is 20.3. The number of nitrogens with zero attached hydrogens (tertiary/aromatic N) is 2. The zero-order chi connectivity index (χ0) is 24.2. The summed E-state index contributed by atoms with van der Waals surface area (Å²) in [5.74, 6) is 5.68. The topological polar surface area (TPSA) is 71.5 Å². The standard InChI is InChI=1S/C27H35N3O3S/c1-3-5-6-13-25(31)30-16-14-22(15-17-30)27-29-24(20-34-27)26(32)28-23-12-8-7-10-21(23)11-9-19-33-18-4-2/h7-8,10,12,20,22H,3-5,9,11,14-19H2,1-2H3,(H,28,32). The van der Waals surface area contributed by atoms with E-state index in [0.29, 0.717) is 18.8 Å². The Morgan fingerprint density at radius 2 is 1.97 bits per heavy atom. The fourth-order valence-electron chi connectivity index (χ4n) is 3.91. The molecule has 0 aliphatic carbocycles. The molecule has 0 spiro atoms. The van der Waals surface area contributed by atoms with Crippen molar-refractivity contribution < 1.29 is 14.3 Å². The molecule has 1 aromatic heterocycles. The second-order valence-electron chi connectivity index (χ2n) is 8.52. The number of unbranched alkanes of at least 4 members (excludes halogenated alkanes) is 1. The van der Waals surface area contributed by atoms with Crippen LogP contribution in [0.5, 0.6) is 0 Å². The van der Waals surface area contributed by atoms with Crippen molar-refractivity contribution in [3.63, 3.8) is 0 Å². The minimum atomic E-state index is -0.184. The summed E-state index contributed by atoms with van der Waals surface area (Å²) < 4.78 is 5.57. The molecule has 1 fully saturated rings. The van der Waals surface area contributed by atoms with Crippen LogP contribution in [0.3, 0.4) is 0 Å². The predicted octanol–water partition coefficient (Wildman–Crippen LogP) is 5.26. The summed E-state index contributed by atoms with van der Waals surface area (Å²) in [6.07, 6.45) is 6.19. The van der Waals surface area contributed by atoms with Crippen LogP contribution >= 0.6 is 11.3 Å². The fraction of sp³-hybridized carbons (Fsp3) is 0.519. The Bertz CT molecular complexity index is 1000. The quantitative estimate of drug-likeness (QED) is 0.371. The van der Waals surface area contributed by atoms with Crippen LogP contribution in [-0.4, -0.2) is 48.0 Å². The van der Waals surface area contributed by atoms with Crippen molar-refractivity contribution in [2.75, 3.05) is 31.6 Å². The maximum atomic E-state index is 12.9. The van der Waals surface area contributed by atoms with E-state index in [2.05, 4.69) is 36.0 Å². The van der Waals surface area contributed by atoms with Crippen LogP contribution < -0.4 is 5.32 Å². The predicted molar refractivity (Wildman–Crippen MR) is 137 cm³/mol. The molecule has 1 N–H and O–H groups in total. The number of hydrogen-bond donors (Lipinski definition) is 1. The number of carbonyl (C=O) groups is 2. The molecular weight excluding hydrogens is 446 g/mol. The number of benzene rings is 1. The Balaban J connectivity index is 1.53. The van der Waals surface area contributed by atoms with E-state index < -0.39 is 0 Å². The van der Waals surface area contributed by atoms with Crippen LogP contribution in [0, 0.1) is 11.8 Å². The number of nitrogens with one attached hydrogen (secondary N) is 1. The molecule has 1 aliphatic heterocycles. The van der Waals surface area contributed by atoms with Gasteiger partial charge in [-0.25, -0.2) is 4.98 Å². The van der Waals surface area contributed by atoms with Gasteiger partial charge in [-0.1, -0.05) is 38.0 Å². The van der Waals surface area contributed by atoms with Gasteiger partial charge in [0.2, 0.25) is 0 Å². The summed E-state index contributed by atoms with van der Waals surface area (Å²) in [6, 6.07) is 7.90. The number of ether oxygens (including phenoxy) is 1. The lowest BCUT2D eigenvalue weighted by molar-refractivity contribution is -0.126. The number of para-hydroxylation sites is 1. The van der Waals surface area contributed by atoms with Crippen molar-refractivity contribution >= 4 is 28.8 Å². The number of likely N-dealkylation sites (tertiary alicyclic amines) is 1. The smallest absolute Gasteiger partial charge is 0.298 e. The molecule has 3 rings (SSSR count). The highest BCUT2D eigenvalue weighted by atomic mass is 32.1. The number of hydrogen-bond acceptors (Lipinski definition) is 5. The third kappa shape index (κ3) is 7.68. The summed E-state index contributed by atoms with van der Waals surface area (Å²) in [6.45, 7) is 7.02. The largest absolute Gasteiger partial charge is 0.381 e. The number of thiazole rings is 1. The van der Waals surface area contributed by atoms with E-state index >= 15 is 0 Å². The first-order chi connectivity index (χ1) is 16.6. The number of amides is 2. The average Bonchev–Trinajstić information content (AvgIpc) is 3.36. The third-order valence-electron chi connectivity index (χ3n) is 5.81. The second kappa shape index (κ2) is 13.9. The van der Waals surface area contributed by atoms with E-state index in [1.165, 1.54) is 11.3 Å². The van der Waals surface area contributed by atoms with E-state index in [9.17, 15) is 9.59 Å². The summed E-state index contributed by atoms with van der Waals surface area (Å²) in [7, 11) is 0. The molecule has 0 saturated carbocycles. The summed E-state index contributed by atoms with van der Waals surface area (Å²) in [4.78, 5) is 31.6. The lowest BCUT2D eigenvalue weighted by Gasteiger charge is -2.29. The molecule has 1 saturated heterocycles. The van der Waals surface area contributed by atoms with E-state index in [1.807, 2.05) is 34.5 Å². The molecular formula is C27H35N3O3S. The highest BCUT2D eigenvalue weighted by Gasteiger charge is 2.26. The molecule has 0 atom stereocenters. The number of carbonyl (C=O) groups excluding carboxylic acids is 2. The number of aryl methyl sites for hydroxylation is 1. The van der Waals surface area contributed by atoms with Crippen LogP contribution in [0.2, 0.25) is 0 Å². The van der Waals surface area contributed by atoms with Crippen molar-refractivity contribution in [1.29, 1.82) is 0 Å². The van der Waals surface area contributed by atoms with E-state index in [1.54, 1.807) is 0 Å². The van der Waals surface area contributed by atoms with E-state index in [-0.39, 0.29) is 17.7 Å². The SMILES string of the molecule is CCCC#CC(=O)N1CCC(c2nc(C(=O)Nc3ccccc3CCCOCCC)cs2)CC1. The van der Waals surface area contributed by atoms with Gasteiger partial charge in [-0.2, -0.15) is 0 Å². The first kappa shape index (κ1) is 25.9. The molecule has 7 heteroatoms. The van der Waals surface area contributed by atoms with Gasteiger partial charge in [-0.05, 0) is 56.1 Å². The van der Waals surface area contributed by atoms with Gasteiger partial charge in [-0.15, -0.1) is 11.3 Å². The number of piperidine rings is 1. The van der Waals surface area contributed by atoms with Gasteiger partial charge >= 0.3 is 0 Å². The van der Waals surface area contributed by atoms with Crippen molar-refractivity contribution in [3.05, 3.63) is 45.9 Å². The minimum absolute atomic E-state index is 0.0818. The van der Waals surface area contributed by atoms with Gasteiger partial charge in [0.1, 0.15) is 5.69 Å². The highest BCUT2D eigenvalue weighted by molar-refractivity contribution is 7.10. The van der Waals surface area contributed by atoms with Crippen molar-refractivity contribution in [3.8, 4) is 11.8 Å². The molecule has 0 bridgehead atoms. The van der Waals surface area contributed by atoms with Crippen LogP contribution in [0.4, 0.5) is 5.69 Å². The molecule has 0 radical (unpaired) electrons. The number of rotatable bonds is 10. The van der Waals surface area contributed by atoms with Gasteiger partial charge in [-0.3, -0.25) is 9.59 Å². The lowest BCUT2D eigenvalue weighted by Crippen LogP contribution is -2.37. The van der Waals surface area contributed by atoms with Gasteiger partial charge in [0, 0.05) is 49.7 Å². The Morgan fingerprint density at radius 1 is 1.18 bits per heavy atom. The van der Waals surface area contributed by atoms with Crippen LogP contribution in [-0.2, 0) is 16.0 Å². The lowest BCUT2D eigenvalue weighted by atomic mass is 9.97. The van der Waals surface area contributed by atoms with Crippen LogP contribution in [0.25, 0.3) is 0 Å². The summed E-state index contributed by atoms with van der Waals surface area (Å²) in [5, 5.41) is 5.84. The van der Waals surface area contributed by atoms with Crippen molar-refractivity contribution in [2.45, 2.75) is 64.7 Å². The normalized spacial score (nSPS) is 13.9. The Morgan fingerprint density at radius 3 is 2.74 bits per heavy atom. The van der Waals surface area contributed by atoms with Gasteiger partial charge in [0.15, 0.2) is 0 Å². The van der Waals surface area contributed by atoms with Gasteiger partial charge in [0.25, 0.3) is 11.8 Å². The average molecular weight is 482 g/mol. The van der Waals surface area contributed by atoms with Crippen molar-refractivity contribution in [2.24, 2.45) is 0 Å². The molecule has 0 unspecified atom stereocenters. The Kier molecular flexibility index (Phi) is 10.6. The molecule has 2 aromatic rings. The maximum Gasteiger partial charge on any atom is 0.298 e. The van der Waals surface area contributed by atoms with E-state index in [4.69, 9.17) is 4.74 Å².